The highest BCUT2D eigenvalue weighted by Gasteiger charge is 2.26. The minimum atomic E-state index is -0.554. The lowest BCUT2D eigenvalue weighted by Crippen LogP contribution is -2.33. The average Bonchev–Trinajstić information content (AvgIpc) is 2.87. The third-order valence-corrected chi connectivity index (χ3v) is 5.91. The van der Waals surface area contributed by atoms with Crippen LogP contribution in [-0.4, -0.2) is 20.9 Å². The van der Waals surface area contributed by atoms with Crippen LogP contribution in [0.1, 0.15) is 45.8 Å². The van der Waals surface area contributed by atoms with Gasteiger partial charge in [0.05, 0.1) is 27.9 Å². The van der Waals surface area contributed by atoms with Crippen molar-refractivity contribution in [2.45, 2.75) is 25.9 Å². The number of nitro groups is 1. The number of hydrogen-bond acceptors (Lipinski definition) is 7. The smallest absolute Gasteiger partial charge is 0.339 e. The summed E-state index contributed by atoms with van der Waals surface area (Å²) in [4.78, 5) is 32.9. The summed E-state index contributed by atoms with van der Waals surface area (Å²) in [6.07, 6.45) is 6.79. The number of rotatable bonds is 5. The first kappa shape index (κ1) is 22.1. The van der Waals surface area contributed by atoms with Gasteiger partial charge in [0.1, 0.15) is 6.20 Å². The van der Waals surface area contributed by atoms with Crippen molar-refractivity contribution in [3.8, 4) is 0 Å². The number of allylic oxidation sites excluding steroid dienone is 1. The molecule has 5 rings (SSSR count). The first-order chi connectivity index (χ1) is 17.0. The van der Waals surface area contributed by atoms with E-state index in [1.807, 2.05) is 30.3 Å². The standard InChI is InChI=1S/C26H20N4O5/c31-26(35-16-23-27-12-5-13-29(23)32)24-20-9-1-2-11-22(20)28-25-18(7-4-10-21(24)25)14-17-6-3-8-19(15-17)30(33)34/h1-3,5-6,8-9,11-15H,4,7,10,16H2/b18-14+. The van der Waals surface area contributed by atoms with Crippen LogP contribution in [0, 0.1) is 15.3 Å². The van der Waals surface area contributed by atoms with Gasteiger partial charge >= 0.3 is 11.8 Å². The Morgan fingerprint density at radius 3 is 2.83 bits per heavy atom. The maximum absolute atomic E-state index is 13.3. The summed E-state index contributed by atoms with van der Waals surface area (Å²) in [6, 6.07) is 15.2. The van der Waals surface area contributed by atoms with Gasteiger partial charge in [0.15, 0.2) is 6.61 Å². The minimum Gasteiger partial charge on any atom is -0.711 e. The molecule has 0 saturated heterocycles. The summed E-state index contributed by atoms with van der Waals surface area (Å²) in [6.45, 7) is -0.259. The Bertz CT molecular complexity index is 1500. The monoisotopic (exact) mass is 468 g/mol. The molecular weight excluding hydrogens is 448 g/mol. The Morgan fingerprint density at radius 2 is 2.00 bits per heavy atom. The van der Waals surface area contributed by atoms with Gasteiger partial charge in [0.25, 0.3) is 5.69 Å². The Hall–Kier alpha value is -4.66. The van der Waals surface area contributed by atoms with Crippen LogP contribution in [0.3, 0.4) is 0 Å². The third kappa shape index (κ3) is 4.43. The molecule has 0 amide bonds. The van der Waals surface area contributed by atoms with Crippen molar-refractivity contribution in [2.24, 2.45) is 0 Å². The van der Waals surface area contributed by atoms with Gasteiger partial charge in [0, 0.05) is 23.6 Å². The van der Waals surface area contributed by atoms with Crippen molar-refractivity contribution in [1.82, 2.24) is 9.97 Å². The molecule has 1 aliphatic carbocycles. The zero-order valence-electron chi connectivity index (χ0n) is 18.6. The maximum Gasteiger partial charge on any atom is 0.339 e. The van der Waals surface area contributed by atoms with E-state index in [1.165, 1.54) is 30.6 Å². The molecule has 0 radical (unpaired) electrons. The number of aromatic nitrogens is 3. The van der Waals surface area contributed by atoms with Crippen LogP contribution in [0.4, 0.5) is 5.69 Å². The van der Waals surface area contributed by atoms with Crippen LogP contribution in [0.15, 0.2) is 67.0 Å². The zero-order valence-corrected chi connectivity index (χ0v) is 18.6. The lowest BCUT2D eigenvalue weighted by atomic mass is 9.86. The van der Waals surface area contributed by atoms with E-state index < -0.39 is 10.9 Å². The molecule has 0 unspecified atom stereocenters. The highest BCUT2D eigenvalue weighted by atomic mass is 16.6. The van der Waals surface area contributed by atoms with Crippen molar-refractivity contribution >= 4 is 34.2 Å². The molecule has 0 bridgehead atoms. The summed E-state index contributed by atoms with van der Waals surface area (Å²) in [5.74, 6) is -0.471. The van der Waals surface area contributed by atoms with Crippen molar-refractivity contribution in [3.63, 3.8) is 0 Å². The van der Waals surface area contributed by atoms with E-state index >= 15 is 0 Å². The van der Waals surface area contributed by atoms with Gasteiger partial charge < -0.3 is 9.94 Å². The largest absolute Gasteiger partial charge is 0.711 e. The number of ether oxygens (including phenoxy) is 1. The van der Waals surface area contributed by atoms with E-state index in [-0.39, 0.29) is 18.1 Å². The first-order valence-corrected chi connectivity index (χ1v) is 11.1. The molecule has 0 aliphatic heterocycles. The number of para-hydroxylation sites is 1. The zero-order chi connectivity index (χ0) is 24.4. The minimum absolute atomic E-state index is 0.0104. The average molecular weight is 468 g/mol. The lowest BCUT2D eigenvalue weighted by Gasteiger charge is -2.22. The Kier molecular flexibility index (Phi) is 5.88. The van der Waals surface area contributed by atoms with E-state index in [1.54, 1.807) is 12.1 Å². The molecule has 2 aromatic heterocycles. The van der Waals surface area contributed by atoms with Gasteiger partial charge in [-0.3, -0.25) is 10.1 Å². The summed E-state index contributed by atoms with van der Waals surface area (Å²) in [5.41, 5.74) is 4.12. The van der Waals surface area contributed by atoms with E-state index in [9.17, 15) is 20.1 Å². The maximum atomic E-state index is 13.3. The molecule has 2 aromatic carbocycles. The topological polar surface area (TPSA) is 122 Å². The lowest BCUT2D eigenvalue weighted by molar-refractivity contribution is -0.620. The molecular formula is C26H20N4O5. The van der Waals surface area contributed by atoms with Gasteiger partial charge in [-0.05, 0) is 53.1 Å². The fourth-order valence-corrected chi connectivity index (χ4v) is 4.33. The van der Waals surface area contributed by atoms with E-state index in [0.29, 0.717) is 38.9 Å². The van der Waals surface area contributed by atoms with Crippen LogP contribution in [0.25, 0.3) is 22.6 Å². The molecule has 9 nitrogen and oxygen atoms in total. The number of carbonyl (C=O) groups excluding carboxylic acids is 1. The van der Waals surface area contributed by atoms with Crippen molar-refractivity contribution in [2.75, 3.05) is 0 Å². The van der Waals surface area contributed by atoms with Gasteiger partial charge in [-0.2, -0.15) is 0 Å². The molecule has 0 spiro atoms. The fourth-order valence-electron chi connectivity index (χ4n) is 4.33. The highest BCUT2D eigenvalue weighted by molar-refractivity contribution is 6.06. The van der Waals surface area contributed by atoms with Crippen LogP contribution >= 0.6 is 0 Å². The quantitative estimate of drug-likeness (QED) is 0.140. The van der Waals surface area contributed by atoms with Crippen LogP contribution < -0.4 is 4.73 Å². The molecule has 0 saturated carbocycles. The number of nitro benzene ring substituents is 1. The molecule has 35 heavy (non-hydrogen) atoms. The molecule has 2 heterocycles. The van der Waals surface area contributed by atoms with Crippen LogP contribution in [0.2, 0.25) is 0 Å². The second-order valence-electron chi connectivity index (χ2n) is 8.14. The van der Waals surface area contributed by atoms with Crippen LogP contribution in [0.5, 0.6) is 0 Å². The molecule has 0 fully saturated rings. The molecule has 1 aliphatic rings. The summed E-state index contributed by atoms with van der Waals surface area (Å²) >= 11 is 0. The van der Waals surface area contributed by atoms with Gasteiger partial charge in [0.2, 0.25) is 0 Å². The number of carbonyl (C=O) groups is 1. The van der Waals surface area contributed by atoms with Crippen LogP contribution in [-0.2, 0) is 17.8 Å². The summed E-state index contributed by atoms with van der Waals surface area (Å²) < 4.78 is 6.08. The molecule has 0 atom stereocenters. The first-order valence-electron chi connectivity index (χ1n) is 11.1. The number of esters is 1. The second kappa shape index (κ2) is 9.30. The molecule has 4 aromatic rings. The number of nitrogens with zero attached hydrogens (tertiary/aromatic N) is 4. The van der Waals surface area contributed by atoms with Crippen molar-refractivity contribution in [3.05, 3.63) is 111 Å². The van der Waals surface area contributed by atoms with E-state index in [2.05, 4.69) is 4.98 Å². The predicted octanol–water partition coefficient (Wildman–Crippen LogP) is 4.41. The van der Waals surface area contributed by atoms with Gasteiger partial charge in [-0.1, -0.05) is 30.3 Å². The number of pyridine rings is 1. The molecule has 174 valence electrons. The highest BCUT2D eigenvalue weighted by Crippen LogP contribution is 2.36. The van der Waals surface area contributed by atoms with E-state index in [0.717, 1.165) is 24.0 Å². The van der Waals surface area contributed by atoms with Crippen molar-refractivity contribution in [1.29, 1.82) is 0 Å². The number of fused-ring (bicyclic) bond motifs is 2. The van der Waals surface area contributed by atoms with Gasteiger partial charge in [-0.15, -0.1) is 0 Å². The number of non-ortho nitro benzene ring substituents is 1. The Labute approximate surface area is 200 Å². The third-order valence-electron chi connectivity index (χ3n) is 5.91. The van der Waals surface area contributed by atoms with Gasteiger partial charge in [-0.25, -0.2) is 14.5 Å². The Balaban J connectivity index is 1.58. The summed E-state index contributed by atoms with van der Waals surface area (Å²) in [5, 5.41) is 23.8. The molecule has 0 N–H and O–H groups in total. The van der Waals surface area contributed by atoms with E-state index in [4.69, 9.17) is 9.72 Å². The Morgan fingerprint density at radius 1 is 1.14 bits per heavy atom. The second-order valence-corrected chi connectivity index (χ2v) is 8.14. The normalized spacial score (nSPS) is 14.0. The number of hydrogen-bond donors (Lipinski definition) is 0. The predicted molar refractivity (Wildman–Crippen MR) is 128 cm³/mol. The molecule has 9 heteroatoms. The SMILES string of the molecule is O=C(OCc1nccc[n+]1[O-])c1c2c(nc3ccccc13)/C(=C/c1cccc([N+](=O)[O-])c1)CCC2. The van der Waals surface area contributed by atoms with Crippen molar-refractivity contribution < 1.29 is 19.2 Å². The number of benzene rings is 2. The summed E-state index contributed by atoms with van der Waals surface area (Å²) in [7, 11) is 0. The fraction of sp³-hybridized carbons (Fsp3) is 0.154.